The summed E-state index contributed by atoms with van der Waals surface area (Å²) in [5.41, 5.74) is -0.316. The number of rotatable bonds is 14. The molecule has 0 aliphatic rings. The minimum Gasteiger partial charge on any atom is -0.481 e. The number of hydrogen-bond donors (Lipinski definition) is 6. The summed E-state index contributed by atoms with van der Waals surface area (Å²) in [5.74, 6) is -6.56. The monoisotopic (exact) mass is 610 g/mol. The van der Waals surface area contributed by atoms with Gasteiger partial charge in [0, 0.05) is 48.2 Å². The molecule has 0 bridgehead atoms. The Morgan fingerprint density at radius 2 is 0.884 bits per heavy atom. The zero-order valence-corrected chi connectivity index (χ0v) is 21.9. The molecule has 0 aliphatic carbocycles. The molecule has 2 aromatic carbocycles. The molecule has 2 atom stereocenters. The zero-order chi connectivity index (χ0) is 32.0. The molecule has 19 heteroatoms. The lowest BCUT2D eigenvalue weighted by Crippen LogP contribution is -2.41. The molecule has 0 heterocycles. The van der Waals surface area contributed by atoms with Gasteiger partial charge in [-0.15, -0.1) is 0 Å². The van der Waals surface area contributed by atoms with Gasteiger partial charge < -0.3 is 36.5 Å². The second-order valence-corrected chi connectivity index (χ2v) is 8.20. The van der Waals surface area contributed by atoms with Crippen LogP contribution in [0.25, 0.3) is 0 Å². The molecular formula is C24H26N4O15. The second-order valence-electron chi connectivity index (χ2n) is 8.20. The largest absolute Gasteiger partial charge is 0.481 e. The van der Waals surface area contributed by atoms with Crippen LogP contribution >= 0.6 is 0 Å². The lowest BCUT2D eigenvalue weighted by atomic mass is 10.1. The fourth-order valence-corrected chi connectivity index (χ4v) is 3.00. The standard InChI is InChI=1S/2C12H12N2O7.H2O/c2*15-10(16)6-5-9(12(18)19)13-11(17)7-1-3-8(4-2-7)14(20)21;/h2*1-4,9H,5-6H2,(H,13,17)(H,15,16)(H,18,19);1H2/t2*9-;/m00./s1. The Bertz CT molecular complexity index is 1240. The first-order valence-corrected chi connectivity index (χ1v) is 11.6. The maximum atomic E-state index is 11.8. The van der Waals surface area contributed by atoms with E-state index < -0.39 is 70.5 Å². The highest BCUT2D eigenvalue weighted by Crippen LogP contribution is 2.13. The fraction of sp³-hybridized carbons (Fsp3) is 0.250. The van der Waals surface area contributed by atoms with Crippen molar-refractivity contribution in [3.05, 3.63) is 79.9 Å². The van der Waals surface area contributed by atoms with E-state index >= 15 is 0 Å². The zero-order valence-electron chi connectivity index (χ0n) is 21.9. The van der Waals surface area contributed by atoms with E-state index in [0.29, 0.717) is 0 Å². The first-order valence-electron chi connectivity index (χ1n) is 11.6. The molecule has 0 radical (unpaired) electrons. The number of non-ortho nitro benzene ring substituents is 2. The van der Waals surface area contributed by atoms with Crippen molar-refractivity contribution in [1.82, 2.24) is 10.6 Å². The van der Waals surface area contributed by atoms with Crippen molar-refractivity contribution in [2.75, 3.05) is 0 Å². The lowest BCUT2D eigenvalue weighted by molar-refractivity contribution is -0.385. The summed E-state index contributed by atoms with van der Waals surface area (Å²) < 4.78 is 0. The van der Waals surface area contributed by atoms with Crippen LogP contribution in [0.1, 0.15) is 46.4 Å². The lowest BCUT2D eigenvalue weighted by Gasteiger charge is -2.13. The van der Waals surface area contributed by atoms with E-state index in [1.165, 1.54) is 24.3 Å². The van der Waals surface area contributed by atoms with Crippen LogP contribution in [-0.4, -0.2) is 83.5 Å². The summed E-state index contributed by atoms with van der Waals surface area (Å²) in [6.07, 6.45) is -1.33. The number of nitro benzene ring substituents is 2. The van der Waals surface area contributed by atoms with Crippen LogP contribution in [0.3, 0.4) is 0 Å². The molecule has 43 heavy (non-hydrogen) atoms. The number of aliphatic carboxylic acids is 4. The number of benzene rings is 2. The summed E-state index contributed by atoms with van der Waals surface area (Å²) in [6.45, 7) is 0. The summed E-state index contributed by atoms with van der Waals surface area (Å²) in [5, 5.41) is 60.1. The molecule has 2 aromatic rings. The van der Waals surface area contributed by atoms with E-state index in [2.05, 4.69) is 10.6 Å². The predicted octanol–water partition coefficient (Wildman–Crippen LogP) is 0.461. The second kappa shape index (κ2) is 17.7. The van der Waals surface area contributed by atoms with Gasteiger partial charge >= 0.3 is 23.9 Å². The number of carboxylic acids is 4. The Labute approximate surface area is 240 Å². The van der Waals surface area contributed by atoms with Gasteiger partial charge in [-0.3, -0.25) is 39.4 Å². The van der Waals surface area contributed by atoms with Crippen molar-refractivity contribution in [2.24, 2.45) is 0 Å². The van der Waals surface area contributed by atoms with Gasteiger partial charge in [-0.25, -0.2) is 9.59 Å². The van der Waals surface area contributed by atoms with E-state index in [1.54, 1.807) is 0 Å². The van der Waals surface area contributed by atoms with Gasteiger partial charge in [0.1, 0.15) is 12.1 Å². The minimum atomic E-state index is -1.36. The number of carbonyl (C=O) groups is 6. The number of carboxylic acid groups (broad SMARTS) is 4. The highest BCUT2D eigenvalue weighted by Gasteiger charge is 2.23. The van der Waals surface area contributed by atoms with Gasteiger partial charge in [0.05, 0.1) is 9.85 Å². The Hall–Kier alpha value is -5.98. The van der Waals surface area contributed by atoms with E-state index in [1.807, 2.05) is 0 Å². The molecule has 232 valence electrons. The Morgan fingerprint density at radius 1 is 0.605 bits per heavy atom. The summed E-state index contributed by atoms with van der Waals surface area (Å²) in [7, 11) is 0. The smallest absolute Gasteiger partial charge is 0.326 e. The molecule has 0 fully saturated rings. The van der Waals surface area contributed by atoms with Crippen LogP contribution in [0.2, 0.25) is 0 Å². The van der Waals surface area contributed by atoms with Gasteiger partial charge in [0.15, 0.2) is 0 Å². The highest BCUT2D eigenvalue weighted by molar-refractivity contribution is 5.97. The first-order chi connectivity index (χ1) is 19.6. The molecule has 2 amide bonds. The molecule has 8 N–H and O–H groups in total. The quantitative estimate of drug-likeness (QED) is 0.125. The van der Waals surface area contributed by atoms with E-state index in [-0.39, 0.29) is 40.8 Å². The summed E-state index contributed by atoms with van der Waals surface area (Å²) in [4.78, 5) is 85.9. The molecule has 19 nitrogen and oxygen atoms in total. The van der Waals surface area contributed by atoms with E-state index in [4.69, 9.17) is 20.4 Å². The highest BCUT2D eigenvalue weighted by atomic mass is 16.6. The van der Waals surface area contributed by atoms with Crippen LogP contribution in [0.4, 0.5) is 11.4 Å². The van der Waals surface area contributed by atoms with Crippen LogP contribution in [0, 0.1) is 20.2 Å². The SMILES string of the molecule is O.O=C(O)CC[C@H](NC(=O)c1ccc([N+](=O)[O-])cc1)C(=O)O.O=C(O)CC[C@H](NC(=O)c1ccc([N+](=O)[O-])cc1)C(=O)O. The van der Waals surface area contributed by atoms with Crippen molar-refractivity contribution in [2.45, 2.75) is 37.8 Å². The number of nitrogens with one attached hydrogen (secondary N) is 2. The number of amides is 2. The van der Waals surface area contributed by atoms with E-state index in [0.717, 1.165) is 24.3 Å². The normalized spacial score (nSPS) is 11.2. The summed E-state index contributed by atoms with van der Waals surface area (Å²) >= 11 is 0. The Morgan fingerprint density at radius 3 is 1.09 bits per heavy atom. The van der Waals surface area contributed by atoms with Gasteiger partial charge in [-0.1, -0.05) is 0 Å². The maximum absolute atomic E-state index is 11.8. The molecule has 0 aromatic heterocycles. The number of nitro groups is 2. The molecular weight excluding hydrogens is 584 g/mol. The molecule has 0 spiro atoms. The van der Waals surface area contributed by atoms with Crippen molar-refractivity contribution in [3.8, 4) is 0 Å². The van der Waals surface area contributed by atoms with Crippen LogP contribution in [-0.2, 0) is 19.2 Å². The Kier molecular flexibility index (Phi) is 15.2. The van der Waals surface area contributed by atoms with Crippen LogP contribution in [0.15, 0.2) is 48.5 Å². The first kappa shape index (κ1) is 37.0. The van der Waals surface area contributed by atoms with E-state index in [9.17, 15) is 49.0 Å². The van der Waals surface area contributed by atoms with Gasteiger partial charge in [-0.05, 0) is 37.1 Å². The third-order valence-corrected chi connectivity index (χ3v) is 5.18. The average Bonchev–Trinajstić information content (AvgIpc) is 2.92. The summed E-state index contributed by atoms with van der Waals surface area (Å²) in [6, 6.07) is 6.50. The minimum absolute atomic E-state index is 0. The third kappa shape index (κ3) is 13.3. The number of nitrogens with zero attached hydrogens (tertiary/aromatic N) is 2. The Balaban J connectivity index is 0.000000802. The molecule has 0 saturated heterocycles. The maximum Gasteiger partial charge on any atom is 0.326 e. The van der Waals surface area contributed by atoms with Crippen LogP contribution in [0.5, 0.6) is 0 Å². The van der Waals surface area contributed by atoms with Gasteiger partial charge in [-0.2, -0.15) is 0 Å². The topological polar surface area (TPSA) is 325 Å². The predicted molar refractivity (Wildman–Crippen MR) is 141 cm³/mol. The van der Waals surface area contributed by atoms with Crippen molar-refractivity contribution in [3.63, 3.8) is 0 Å². The van der Waals surface area contributed by atoms with Gasteiger partial charge in [0.2, 0.25) is 0 Å². The van der Waals surface area contributed by atoms with Gasteiger partial charge in [0.25, 0.3) is 23.2 Å². The fourth-order valence-electron chi connectivity index (χ4n) is 3.00. The van der Waals surface area contributed by atoms with Crippen molar-refractivity contribution in [1.29, 1.82) is 0 Å². The molecule has 0 unspecified atom stereocenters. The molecule has 0 aliphatic heterocycles. The molecule has 0 saturated carbocycles. The molecule has 2 rings (SSSR count). The van der Waals surface area contributed by atoms with Crippen molar-refractivity contribution >= 4 is 47.1 Å². The third-order valence-electron chi connectivity index (χ3n) is 5.18. The number of hydrogen-bond acceptors (Lipinski definition) is 10. The average molecular weight is 610 g/mol. The number of carbonyl (C=O) groups excluding carboxylic acids is 2. The van der Waals surface area contributed by atoms with Crippen molar-refractivity contribution < 1.29 is 64.5 Å². The van der Waals surface area contributed by atoms with Crippen LogP contribution < -0.4 is 10.6 Å².